The topological polar surface area (TPSA) is 96.8 Å². The number of aromatic amines is 1. The zero-order valence-corrected chi connectivity index (χ0v) is 20.1. The van der Waals surface area contributed by atoms with Crippen LogP contribution in [0.4, 0.5) is 14.5 Å². The van der Waals surface area contributed by atoms with Crippen LogP contribution < -0.4 is 10.9 Å². The molecular weight excluding hydrogens is 490 g/mol. The predicted octanol–water partition coefficient (Wildman–Crippen LogP) is 5.07. The summed E-state index contributed by atoms with van der Waals surface area (Å²) in [5.74, 6) is -2.53. The maximum Gasteiger partial charge on any atom is 0.264 e. The zero-order valence-electron chi connectivity index (χ0n) is 20.1. The van der Waals surface area contributed by atoms with Crippen molar-refractivity contribution in [1.82, 2.24) is 14.5 Å². The Labute approximate surface area is 216 Å². The monoisotopic (exact) mass is 512 g/mol. The Morgan fingerprint density at radius 2 is 1.92 bits per heavy atom. The van der Waals surface area contributed by atoms with Gasteiger partial charge in [-0.15, -0.1) is 0 Å². The van der Waals surface area contributed by atoms with Crippen LogP contribution in [-0.2, 0) is 11.3 Å². The molecule has 2 N–H and O–H groups in total. The van der Waals surface area contributed by atoms with Crippen LogP contribution in [0.5, 0.6) is 0 Å². The molecule has 0 aliphatic carbocycles. The predicted molar refractivity (Wildman–Crippen MR) is 140 cm³/mol. The minimum atomic E-state index is -1.01. The Morgan fingerprint density at radius 3 is 2.71 bits per heavy atom. The molecule has 1 amide bonds. The first-order valence-corrected chi connectivity index (χ1v) is 11.9. The van der Waals surface area contributed by atoms with Crippen LogP contribution in [0.15, 0.2) is 78.1 Å². The van der Waals surface area contributed by atoms with Crippen molar-refractivity contribution in [3.05, 3.63) is 123 Å². The normalized spacial score (nSPS) is 13.7. The van der Waals surface area contributed by atoms with Gasteiger partial charge >= 0.3 is 0 Å². The Hall–Kier alpha value is -4.92. The van der Waals surface area contributed by atoms with E-state index in [-0.39, 0.29) is 30.2 Å². The highest BCUT2D eigenvalue weighted by Crippen LogP contribution is 2.34. The van der Waals surface area contributed by atoms with Crippen molar-refractivity contribution < 1.29 is 18.4 Å². The summed E-state index contributed by atoms with van der Waals surface area (Å²) in [6, 6.07) is 12.7. The van der Waals surface area contributed by atoms with Gasteiger partial charge in [0, 0.05) is 35.8 Å². The molecule has 1 aliphatic heterocycles. The molecule has 190 valence electrons. The summed E-state index contributed by atoms with van der Waals surface area (Å²) in [5.41, 5.74) is 3.56. The van der Waals surface area contributed by atoms with Crippen LogP contribution in [0.1, 0.15) is 45.6 Å². The smallest absolute Gasteiger partial charge is 0.264 e. The molecule has 0 bridgehead atoms. The van der Waals surface area contributed by atoms with Gasteiger partial charge in [-0.3, -0.25) is 19.0 Å². The number of aromatic nitrogens is 3. The number of anilines is 1. The number of hydrogen-bond donors (Lipinski definition) is 2. The number of benzene rings is 2. The molecule has 0 atom stereocenters. The quantitative estimate of drug-likeness (QED) is 0.255. The first kappa shape index (κ1) is 24.8. The average molecular weight is 513 g/mol. The van der Waals surface area contributed by atoms with Gasteiger partial charge in [0.1, 0.15) is 5.56 Å². The number of rotatable bonds is 8. The van der Waals surface area contributed by atoms with Crippen molar-refractivity contribution in [2.45, 2.75) is 19.4 Å². The fraction of sp³-hybridized carbons (Fsp3) is 0.103. The number of nitrogens with one attached hydrogen (secondary N) is 2. The molecule has 2 aromatic carbocycles. The standard InChI is InChI=1S/C29H22F2N4O3/c30-24-10-8-19(12-25(24)31)16-35-17-32-15-23(29(35)38)27(36)6-2-1-4-18-7-9-21-22(14-20-5-3-11-33-20)28(37)34-26(21)13-18/h1,3-5,7-15,17,33H,2,6,16H2,(H,34,37)/b4-1+,22-14-. The van der Waals surface area contributed by atoms with Crippen LogP contribution in [-0.4, -0.2) is 26.2 Å². The summed E-state index contributed by atoms with van der Waals surface area (Å²) < 4.78 is 27.9. The number of amides is 1. The van der Waals surface area contributed by atoms with Crippen molar-refractivity contribution in [1.29, 1.82) is 0 Å². The minimum absolute atomic E-state index is 0.0408. The molecule has 38 heavy (non-hydrogen) atoms. The van der Waals surface area contributed by atoms with Crippen molar-refractivity contribution >= 4 is 35.1 Å². The zero-order chi connectivity index (χ0) is 26.6. The van der Waals surface area contributed by atoms with Crippen LogP contribution in [0.2, 0.25) is 0 Å². The second-order valence-electron chi connectivity index (χ2n) is 8.80. The van der Waals surface area contributed by atoms with Crippen molar-refractivity contribution in [3.63, 3.8) is 0 Å². The van der Waals surface area contributed by atoms with Crippen LogP contribution in [0.3, 0.4) is 0 Å². The number of carbonyl (C=O) groups is 2. The van der Waals surface area contributed by atoms with Crippen LogP contribution in [0.25, 0.3) is 17.7 Å². The Kier molecular flexibility index (Phi) is 6.90. The second kappa shape index (κ2) is 10.6. The van der Waals surface area contributed by atoms with Crippen molar-refractivity contribution in [2.24, 2.45) is 0 Å². The molecule has 0 spiro atoms. The second-order valence-corrected chi connectivity index (χ2v) is 8.80. The van der Waals surface area contributed by atoms with Gasteiger partial charge < -0.3 is 10.3 Å². The summed E-state index contributed by atoms with van der Waals surface area (Å²) in [6.07, 6.45) is 10.2. The third-order valence-electron chi connectivity index (χ3n) is 6.14. The van der Waals surface area contributed by atoms with Crippen LogP contribution >= 0.6 is 0 Å². The highest BCUT2D eigenvalue weighted by atomic mass is 19.2. The molecule has 0 fully saturated rings. The summed E-state index contributed by atoms with van der Waals surface area (Å²) >= 11 is 0. The molecule has 3 heterocycles. The summed E-state index contributed by atoms with van der Waals surface area (Å²) in [6.45, 7) is -0.0408. The number of fused-ring (bicyclic) bond motifs is 1. The van der Waals surface area contributed by atoms with Gasteiger partial charge in [-0.25, -0.2) is 13.8 Å². The van der Waals surface area contributed by atoms with E-state index in [2.05, 4.69) is 15.3 Å². The molecule has 0 radical (unpaired) electrons. The summed E-state index contributed by atoms with van der Waals surface area (Å²) in [5, 5.41) is 2.87. The molecule has 0 unspecified atom stereocenters. The van der Waals surface area contributed by atoms with E-state index in [4.69, 9.17) is 0 Å². The number of ketones is 1. The lowest BCUT2D eigenvalue weighted by molar-refractivity contribution is -0.110. The van der Waals surface area contributed by atoms with E-state index in [1.807, 2.05) is 42.5 Å². The van der Waals surface area contributed by atoms with E-state index in [0.717, 1.165) is 29.0 Å². The maximum atomic E-state index is 13.5. The minimum Gasteiger partial charge on any atom is -0.362 e. The first-order chi connectivity index (χ1) is 18.4. The van der Waals surface area contributed by atoms with E-state index >= 15 is 0 Å². The third kappa shape index (κ3) is 5.27. The van der Waals surface area contributed by atoms with E-state index < -0.39 is 17.2 Å². The molecule has 7 nitrogen and oxygen atoms in total. The van der Waals surface area contributed by atoms with E-state index in [1.165, 1.54) is 23.2 Å². The van der Waals surface area contributed by atoms with Crippen molar-refractivity contribution in [2.75, 3.05) is 5.32 Å². The van der Waals surface area contributed by atoms with Crippen molar-refractivity contribution in [3.8, 4) is 0 Å². The van der Waals surface area contributed by atoms with Crippen LogP contribution in [0, 0.1) is 11.6 Å². The fourth-order valence-corrected chi connectivity index (χ4v) is 4.21. The SMILES string of the molecule is O=C1Nc2cc(/C=C/CCC(=O)c3cncn(Cc4ccc(F)c(F)c4)c3=O)ccc2/C1=C/c1ccc[nH]1. The van der Waals surface area contributed by atoms with Gasteiger partial charge in [0.15, 0.2) is 17.4 Å². The first-order valence-electron chi connectivity index (χ1n) is 11.9. The van der Waals surface area contributed by atoms with Gasteiger partial charge in [-0.1, -0.05) is 30.4 Å². The largest absolute Gasteiger partial charge is 0.362 e. The van der Waals surface area contributed by atoms with E-state index in [0.29, 0.717) is 23.2 Å². The van der Waals surface area contributed by atoms with Gasteiger partial charge in [-0.05, 0) is 54.0 Å². The van der Waals surface area contributed by atoms with Gasteiger partial charge in [0.05, 0.1) is 18.4 Å². The average Bonchev–Trinajstić information content (AvgIpc) is 3.53. The number of nitrogens with zero attached hydrogens (tertiary/aromatic N) is 2. The fourth-order valence-electron chi connectivity index (χ4n) is 4.21. The number of Topliss-reactive ketones (excluding diaryl/α,β-unsaturated/α-hetero) is 1. The summed E-state index contributed by atoms with van der Waals surface area (Å²) in [4.78, 5) is 44.9. The molecule has 4 aromatic rings. The lowest BCUT2D eigenvalue weighted by atomic mass is 10.0. The molecule has 2 aromatic heterocycles. The number of allylic oxidation sites excluding steroid dienone is 1. The number of halogens is 2. The molecule has 1 aliphatic rings. The highest BCUT2D eigenvalue weighted by molar-refractivity contribution is 6.34. The Balaban J connectivity index is 1.22. The molecular formula is C29H22F2N4O3. The Bertz CT molecular complexity index is 1650. The van der Waals surface area contributed by atoms with E-state index in [9.17, 15) is 23.2 Å². The molecule has 5 rings (SSSR count). The van der Waals surface area contributed by atoms with E-state index in [1.54, 1.807) is 12.3 Å². The highest BCUT2D eigenvalue weighted by Gasteiger charge is 2.24. The molecule has 9 heteroatoms. The number of hydrogen-bond acceptors (Lipinski definition) is 4. The van der Waals surface area contributed by atoms with Gasteiger partial charge in [0.25, 0.3) is 11.5 Å². The maximum absolute atomic E-state index is 13.5. The lowest BCUT2D eigenvalue weighted by Gasteiger charge is -2.07. The molecule has 0 saturated heterocycles. The number of H-pyrrole nitrogens is 1. The Morgan fingerprint density at radius 1 is 1.05 bits per heavy atom. The van der Waals surface area contributed by atoms with Gasteiger partial charge in [-0.2, -0.15) is 0 Å². The summed E-state index contributed by atoms with van der Waals surface area (Å²) in [7, 11) is 0. The third-order valence-corrected chi connectivity index (χ3v) is 6.14. The number of carbonyl (C=O) groups excluding carboxylic acids is 2. The van der Waals surface area contributed by atoms with Gasteiger partial charge in [0.2, 0.25) is 0 Å². The lowest BCUT2D eigenvalue weighted by Crippen LogP contribution is -2.27. The molecule has 0 saturated carbocycles.